The molecule has 1 atom stereocenters. The summed E-state index contributed by atoms with van der Waals surface area (Å²) in [5.74, 6) is 0.0182. The van der Waals surface area contributed by atoms with Crippen molar-refractivity contribution in [3.63, 3.8) is 0 Å². The molecule has 0 aromatic heterocycles. The van der Waals surface area contributed by atoms with E-state index in [0.717, 1.165) is 19.5 Å². The molecule has 15 heavy (non-hydrogen) atoms. The molecule has 0 spiro atoms. The monoisotopic (exact) mass is 214 g/mol. The quantitative estimate of drug-likeness (QED) is 0.749. The Hall–Kier alpha value is -0.610. The average Bonchev–Trinajstić information content (AvgIpc) is 2.15. The van der Waals surface area contributed by atoms with Crippen molar-refractivity contribution in [1.29, 1.82) is 0 Å². The van der Waals surface area contributed by atoms with Gasteiger partial charge in [-0.15, -0.1) is 0 Å². The fraction of sp³-hybridized carbons (Fsp3) is 0.909. The molecule has 1 fully saturated rings. The van der Waals surface area contributed by atoms with Gasteiger partial charge in [0, 0.05) is 20.2 Å². The first kappa shape index (κ1) is 12.5. The van der Waals surface area contributed by atoms with E-state index in [1.54, 1.807) is 7.11 Å². The molecule has 1 heterocycles. The number of rotatable bonds is 3. The van der Waals surface area contributed by atoms with Crippen LogP contribution in [0.25, 0.3) is 0 Å². The van der Waals surface area contributed by atoms with Crippen molar-refractivity contribution in [3.8, 4) is 0 Å². The van der Waals surface area contributed by atoms with Crippen molar-refractivity contribution in [1.82, 2.24) is 4.90 Å². The lowest BCUT2D eigenvalue weighted by molar-refractivity contribution is -0.136. The smallest absolute Gasteiger partial charge is 0.241 e. The Kier molecular flexibility index (Phi) is 4.11. The molecule has 1 aliphatic heterocycles. The largest absolute Gasteiger partial charge is 0.383 e. The molecule has 0 aliphatic carbocycles. The minimum Gasteiger partial charge on any atom is -0.383 e. The molecule has 4 nitrogen and oxygen atoms in total. The number of amides is 1. The maximum Gasteiger partial charge on any atom is 0.241 e. The molecule has 1 rings (SSSR count). The van der Waals surface area contributed by atoms with E-state index in [0.29, 0.717) is 6.61 Å². The molecule has 0 aromatic carbocycles. The number of nitrogens with zero attached hydrogens (tertiary/aromatic N) is 1. The molecule has 0 radical (unpaired) electrons. The zero-order valence-electron chi connectivity index (χ0n) is 9.95. The second-order valence-electron chi connectivity index (χ2n) is 5.09. The molecule has 0 bridgehead atoms. The van der Waals surface area contributed by atoms with Crippen LogP contribution in [-0.2, 0) is 9.53 Å². The van der Waals surface area contributed by atoms with Crippen LogP contribution in [-0.4, -0.2) is 43.7 Å². The molecule has 4 heteroatoms. The third-order valence-corrected chi connectivity index (χ3v) is 2.88. The number of ether oxygens (including phenoxy) is 1. The minimum atomic E-state index is -0.510. The maximum absolute atomic E-state index is 11.9. The van der Waals surface area contributed by atoms with Crippen LogP contribution in [0.3, 0.4) is 0 Å². The summed E-state index contributed by atoms with van der Waals surface area (Å²) in [5, 5.41) is 0. The Morgan fingerprint density at radius 3 is 2.80 bits per heavy atom. The number of hydrogen-bond acceptors (Lipinski definition) is 3. The number of methoxy groups -OCH3 is 1. The molecule has 1 aliphatic rings. The molecule has 88 valence electrons. The highest BCUT2D eigenvalue weighted by atomic mass is 16.5. The van der Waals surface area contributed by atoms with Crippen LogP contribution in [0.1, 0.15) is 26.7 Å². The van der Waals surface area contributed by atoms with E-state index in [1.807, 2.05) is 4.90 Å². The number of piperidine rings is 1. The summed E-state index contributed by atoms with van der Waals surface area (Å²) in [7, 11) is 1.56. The zero-order chi connectivity index (χ0) is 11.5. The van der Waals surface area contributed by atoms with E-state index in [2.05, 4.69) is 13.8 Å². The van der Waals surface area contributed by atoms with Crippen LogP contribution in [0.5, 0.6) is 0 Å². The van der Waals surface area contributed by atoms with Gasteiger partial charge in [-0.25, -0.2) is 0 Å². The van der Waals surface area contributed by atoms with Gasteiger partial charge in [0.25, 0.3) is 0 Å². The third kappa shape index (κ3) is 3.47. The van der Waals surface area contributed by atoms with Gasteiger partial charge in [0.05, 0.1) is 6.61 Å². The van der Waals surface area contributed by atoms with Gasteiger partial charge in [0.2, 0.25) is 5.91 Å². The van der Waals surface area contributed by atoms with Crippen LogP contribution >= 0.6 is 0 Å². The molecule has 2 N–H and O–H groups in total. The lowest BCUT2D eigenvalue weighted by Crippen LogP contribution is -2.51. The van der Waals surface area contributed by atoms with E-state index < -0.39 is 6.04 Å². The Balaban J connectivity index is 2.52. The van der Waals surface area contributed by atoms with Crippen molar-refractivity contribution < 1.29 is 9.53 Å². The van der Waals surface area contributed by atoms with Crippen LogP contribution in [0.4, 0.5) is 0 Å². The van der Waals surface area contributed by atoms with Crippen LogP contribution in [0, 0.1) is 5.41 Å². The molecule has 1 amide bonds. The first-order valence-corrected chi connectivity index (χ1v) is 5.49. The second kappa shape index (κ2) is 4.94. The summed E-state index contributed by atoms with van der Waals surface area (Å²) >= 11 is 0. The van der Waals surface area contributed by atoms with Crippen LogP contribution in [0.2, 0.25) is 0 Å². The van der Waals surface area contributed by atoms with Gasteiger partial charge < -0.3 is 15.4 Å². The molecule has 1 saturated heterocycles. The highest BCUT2D eigenvalue weighted by Gasteiger charge is 2.31. The predicted molar refractivity (Wildman–Crippen MR) is 59.4 cm³/mol. The second-order valence-corrected chi connectivity index (χ2v) is 5.09. The third-order valence-electron chi connectivity index (χ3n) is 2.88. The molecule has 0 aromatic rings. The summed E-state index contributed by atoms with van der Waals surface area (Å²) in [4.78, 5) is 13.8. The first-order valence-electron chi connectivity index (χ1n) is 5.49. The summed E-state index contributed by atoms with van der Waals surface area (Å²) < 4.78 is 4.90. The molecular formula is C11H22N2O2. The number of nitrogens with two attached hydrogens (primary N) is 1. The Labute approximate surface area is 91.8 Å². The number of likely N-dealkylation sites (tertiary alicyclic amines) is 1. The van der Waals surface area contributed by atoms with Crippen molar-refractivity contribution in [3.05, 3.63) is 0 Å². The fourth-order valence-corrected chi connectivity index (χ4v) is 2.10. The Bertz CT molecular complexity index is 229. The fourth-order valence-electron chi connectivity index (χ4n) is 2.10. The van der Waals surface area contributed by atoms with Gasteiger partial charge in [-0.3, -0.25) is 4.79 Å². The van der Waals surface area contributed by atoms with Gasteiger partial charge >= 0.3 is 0 Å². The van der Waals surface area contributed by atoms with Gasteiger partial charge in [-0.2, -0.15) is 0 Å². The van der Waals surface area contributed by atoms with E-state index in [-0.39, 0.29) is 11.3 Å². The first-order chi connectivity index (χ1) is 6.96. The van der Waals surface area contributed by atoms with E-state index in [4.69, 9.17) is 10.5 Å². The van der Waals surface area contributed by atoms with Gasteiger partial charge in [-0.05, 0) is 18.3 Å². The van der Waals surface area contributed by atoms with E-state index in [1.165, 1.54) is 6.42 Å². The SMILES string of the molecule is COCC(N)C(=O)N1CCCC(C)(C)C1. The Morgan fingerprint density at radius 2 is 2.27 bits per heavy atom. The summed E-state index contributed by atoms with van der Waals surface area (Å²) in [6, 6.07) is -0.510. The number of carbonyl (C=O) groups excluding carboxylic acids is 1. The Morgan fingerprint density at radius 1 is 1.60 bits per heavy atom. The normalized spacial score (nSPS) is 22.5. The average molecular weight is 214 g/mol. The lowest BCUT2D eigenvalue weighted by Gasteiger charge is -2.39. The number of hydrogen-bond donors (Lipinski definition) is 1. The lowest BCUT2D eigenvalue weighted by atomic mass is 9.84. The van der Waals surface area contributed by atoms with E-state index in [9.17, 15) is 4.79 Å². The van der Waals surface area contributed by atoms with Crippen molar-refractivity contribution >= 4 is 5.91 Å². The number of carbonyl (C=O) groups is 1. The molecule has 0 saturated carbocycles. The molecular weight excluding hydrogens is 192 g/mol. The topological polar surface area (TPSA) is 55.6 Å². The molecule has 1 unspecified atom stereocenters. The minimum absolute atomic E-state index is 0.0182. The standard InChI is InChI=1S/C11H22N2O2/c1-11(2)5-4-6-13(8-11)10(14)9(12)7-15-3/h9H,4-8,12H2,1-3H3. The van der Waals surface area contributed by atoms with Gasteiger partial charge in [-0.1, -0.05) is 13.8 Å². The van der Waals surface area contributed by atoms with Crippen molar-refractivity contribution in [2.24, 2.45) is 11.1 Å². The van der Waals surface area contributed by atoms with Gasteiger partial charge in [0.15, 0.2) is 0 Å². The highest BCUT2D eigenvalue weighted by Crippen LogP contribution is 2.28. The highest BCUT2D eigenvalue weighted by molar-refractivity contribution is 5.81. The zero-order valence-corrected chi connectivity index (χ0v) is 9.95. The predicted octanol–water partition coefficient (Wildman–Crippen LogP) is 0.609. The summed E-state index contributed by atoms with van der Waals surface area (Å²) in [5.41, 5.74) is 5.95. The van der Waals surface area contributed by atoms with Crippen molar-refractivity contribution in [2.45, 2.75) is 32.7 Å². The van der Waals surface area contributed by atoms with Gasteiger partial charge in [0.1, 0.15) is 6.04 Å². The van der Waals surface area contributed by atoms with Crippen LogP contribution < -0.4 is 5.73 Å². The maximum atomic E-state index is 11.9. The van der Waals surface area contributed by atoms with Crippen molar-refractivity contribution in [2.75, 3.05) is 26.8 Å². The summed E-state index contributed by atoms with van der Waals surface area (Å²) in [6.45, 7) is 6.32. The summed E-state index contributed by atoms with van der Waals surface area (Å²) in [6.07, 6.45) is 2.24. The van der Waals surface area contributed by atoms with Crippen LogP contribution in [0.15, 0.2) is 0 Å². The van der Waals surface area contributed by atoms with E-state index >= 15 is 0 Å².